The lowest BCUT2D eigenvalue weighted by Crippen LogP contribution is -2.13. The maximum absolute atomic E-state index is 14.0. The Morgan fingerprint density at radius 1 is 1.07 bits per heavy atom. The summed E-state index contributed by atoms with van der Waals surface area (Å²) in [4.78, 5) is 15.6. The van der Waals surface area contributed by atoms with Crippen molar-refractivity contribution in [1.82, 2.24) is 10.3 Å². The van der Waals surface area contributed by atoms with Crippen molar-refractivity contribution in [3.63, 3.8) is 0 Å². The van der Waals surface area contributed by atoms with Gasteiger partial charge in [-0.3, -0.25) is 4.79 Å². The van der Waals surface area contributed by atoms with Gasteiger partial charge in [0.05, 0.1) is 0 Å². The molecule has 0 saturated heterocycles. The first-order valence-corrected chi connectivity index (χ1v) is 9.00. The highest BCUT2D eigenvalue weighted by Crippen LogP contribution is 2.31. The summed E-state index contributed by atoms with van der Waals surface area (Å²) in [5.41, 5.74) is 6.13. The van der Waals surface area contributed by atoms with Crippen molar-refractivity contribution in [3.05, 3.63) is 59.8 Å². The van der Waals surface area contributed by atoms with E-state index in [-0.39, 0.29) is 17.5 Å². The summed E-state index contributed by atoms with van der Waals surface area (Å²) in [6.45, 7) is 1.73. The maximum Gasteiger partial charge on any atom is 0.273 e. The number of nitrogens with two attached hydrogens (primary N) is 1. The fourth-order valence-electron chi connectivity index (χ4n) is 2.68. The molecule has 1 amide bonds. The van der Waals surface area contributed by atoms with E-state index in [1.54, 1.807) is 12.1 Å². The Balaban J connectivity index is 1.80. The summed E-state index contributed by atoms with van der Waals surface area (Å²) in [6, 6.07) is 10.6. The van der Waals surface area contributed by atoms with Crippen molar-refractivity contribution in [1.29, 1.82) is 0 Å². The van der Waals surface area contributed by atoms with Gasteiger partial charge in [0.15, 0.2) is 5.69 Å². The third kappa shape index (κ3) is 4.88. The molecule has 152 valence electrons. The van der Waals surface area contributed by atoms with E-state index in [9.17, 15) is 13.6 Å². The van der Waals surface area contributed by atoms with Gasteiger partial charge in [-0.15, -0.1) is 0 Å². The molecule has 0 bridgehead atoms. The molecule has 9 heteroatoms. The number of oxazole rings is 1. The van der Waals surface area contributed by atoms with Gasteiger partial charge >= 0.3 is 0 Å². The number of benzene rings is 2. The predicted molar refractivity (Wildman–Crippen MR) is 107 cm³/mol. The van der Waals surface area contributed by atoms with Gasteiger partial charge in [-0.2, -0.15) is 0 Å². The molecule has 0 atom stereocenters. The number of rotatable bonds is 9. The lowest BCUT2D eigenvalue weighted by atomic mass is 10.2. The molecule has 2 aromatic carbocycles. The predicted octanol–water partition coefficient (Wildman–Crippen LogP) is 3.48. The highest BCUT2D eigenvalue weighted by Gasteiger charge is 2.23. The highest BCUT2D eigenvalue weighted by molar-refractivity contribution is 5.96. The van der Waals surface area contributed by atoms with Gasteiger partial charge in [0, 0.05) is 17.9 Å². The Morgan fingerprint density at radius 3 is 2.34 bits per heavy atom. The molecular weight excluding hydrogens is 380 g/mol. The number of anilines is 3. The zero-order valence-corrected chi connectivity index (χ0v) is 15.8. The van der Waals surface area contributed by atoms with E-state index >= 15 is 0 Å². The SMILES string of the molecule is CNCCCNc1ccc(Nc2oc(-c3c(F)cccc3F)nc2C(N)=O)cc1. The molecule has 7 nitrogen and oxygen atoms in total. The molecule has 0 unspecified atom stereocenters. The minimum atomic E-state index is -0.887. The molecule has 29 heavy (non-hydrogen) atoms. The summed E-state index contributed by atoms with van der Waals surface area (Å²) in [5, 5.41) is 9.23. The van der Waals surface area contributed by atoms with Crippen molar-refractivity contribution in [2.24, 2.45) is 5.73 Å². The van der Waals surface area contributed by atoms with Crippen LogP contribution in [-0.2, 0) is 0 Å². The number of carbonyl (C=O) groups excluding carboxylic acids is 1. The average molecular weight is 401 g/mol. The second-order valence-corrected chi connectivity index (χ2v) is 6.24. The molecule has 0 aliphatic carbocycles. The van der Waals surface area contributed by atoms with Crippen LogP contribution in [0.1, 0.15) is 16.9 Å². The van der Waals surface area contributed by atoms with Crippen LogP contribution in [0.25, 0.3) is 11.5 Å². The minimum absolute atomic E-state index is 0.0927. The number of amides is 1. The zero-order chi connectivity index (χ0) is 20.8. The summed E-state index contributed by atoms with van der Waals surface area (Å²) in [5.74, 6) is -3.07. The Morgan fingerprint density at radius 2 is 1.72 bits per heavy atom. The first kappa shape index (κ1) is 20.3. The van der Waals surface area contributed by atoms with Crippen molar-refractivity contribution in [2.45, 2.75) is 6.42 Å². The number of carbonyl (C=O) groups is 1. The zero-order valence-electron chi connectivity index (χ0n) is 15.8. The second kappa shape index (κ2) is 9.16. The van der Waals surface area contributed by atoms with E-state index in [1.165, 1.54) is 6.07 Å². The Kier molecular flexibility index (Phi) is 6.40. The van der Waals surface area contributed by atoms with Crippen LogP contribution >= 0.6 is 0 Å². The minimum Gasteiger partial charge on any atom is -0.419 e. The Hall–Kier alpha value is -3.46. The van der Waals surface area contributed by atoms with Crippen LogP contribution in [0.3, 0.4) is 0 Å². The van der Waals surface area contributed by atoms with Gasteiger partial charge in [-0.25, -0.2) is 13.8 Å². The van der Waals surface area contributed by atoms with E-state index in [2.05, 4.69) is 20.9 Å². The van der Waals surface area contributed by atoms with E-state index in [0.29, 0.717) is 5.69 Å². The first-order chi connectivity index (χ1) is 14.0. The van der Waals surface area contributed by atoms with Gasteiger partial charge in [-0.1, -0.05) is 6.07 Å². The van der Waals surface area contributed by atoms with Crippen LogP contribution in [0.15, 0.2) is 46.9 Å². The molecule has 1 aromatic heterocycles. The summed E-state index contributed by atoms with van der Waals surface area (Å²) in [6.07, 6.45) is 0.978. The molecule has 0 saturated carbocycles. The molecule has 0 aliphatic heterocycles. The van der Waals surface area contributed by atoms with Crippen LogP contribution in [-0.4, -0.2) is 31.0 Å². The topological polar surface area (TPSA) is 105 Å². The molecule has 0 spiro atoms. The highest BCUT2D eigenvalue weighted by atomic mass is 19.1. The van der Waals surface area contributed by atoms with E-state index in [1.807, 2.05) is 19.2 Å². The van der Waals surface area contributed by atoms with Gasteiger partial charge in [0.25, 0.3) is 5.91 Å². The molecule has 1 heterocycles. The first-order valence-electron chi connectivity index (χ1n) is 9.00. The van der Waals surface area contributed by atoms with Crippen molar-refractivity contribution in [3.8, 4) is 11.5 Å². The van der Waals surface area contributed by atoms with Gasteiger partial charge < -0.3 is 26.1 Å². The number of primary amides is 1. The average Bonchev–Trinajstić information content (AvgIpc) is 3.10. The number of halogens is 2. The number of nitrogens with zero attached hydrogens (tertiary/aromatic N) is 1. The Labute approximate surface area is 166 Å². The molecule has 5 N–H and O–H groups in total. The standard InChI is InChI=1S/C20H21F2N5O2/c1-24-10-3-11-25-12-6-8-13(9-7-12)26-20-17(18(23)28)27-19(29-20)16-14(21)4-2-5-15(16)22/h2,4-9,24-26H,3,10-11H2,1H3,(H2,23,28). The normalized spacial score (nSPS) is 10.7. The van der Waals surface area contributed by atoms with Crippen LogP contribution in [0.5, 0.6) is 0 Å². The lowest BCUT2D eigenvalue weighted by Gasteiger charge is -2.08. The number of nitrogens with one attached hydrogen (secondary N) is 3. The summed E-state index contributed by atoms with van der Waals surface area (Å²) < 4.78 is 33.4. The van der Waals surface area contributed by atoms with Crippen molar-refractivity contribution < 1.29 is 18.0 Å². The molecule has 0 aliphatic rings. The van der Waals surface area contributed by atoms with Gasteiger partial charge in [0.2, 0.25) is 11.8 Å². The third-order valence-electron chi connectivity index (χ3n) is 4.11. The largest absolute Gasteiger partial charge is 0.419 e. The fourth-order valence-corrected chi connectivity index (χ4v) is 2.68. The monoisotopic (exact) mass is 401 g/mol. The summed E-state index contributed by atoms with van der Waals surface area (Å²) in [7, 11) is 1.90. The van der Waals surface area contributed by atoms with Crippen molar-refractivity contribution in [2.75, 3.05) is 30.8 Å². The molecule has 0 fully saturated rings. The lowest BCUT2D eigenvalue weighted by molar-refractivity contribution is 0.0996. The third-order valence-corrected chi connectivity index (χ3v) is 4.11. The molecule has 0 radical (unpaired) electrons. The molecule has 3 aromatic rings. The quantitative estimate of drug-likeness (QED) is 0.409. The second-order valence-electron chi connectivity index (χ2n) is 6.24. The molecular formula is C20H21F2N5O2. The van der Waals surface area contributed by atoms with E-state index < -0.39 is 23.1 Å². The molecule has 3 rings (SSSR count). The van der Waals surface area contributed by atoms with Crippen LogP contribution in [0, 0.1) is 11.6 Å². The van der Waals surface area contributed by atoms with Crippen LogP contribution in [0.4, 0.5) is 26.0 Å². The number of hydrogen-bond donors (Lipinski definition) is 4. The fraction of sp³-hybridized carbons (Fsp3) is 0.200. The van der Waals surface area contributed by atoms with E-state index in [0.717, 1.165) is 37.3 Å². The Bertz CT molecular complexity index is 969. The van der Waals surface area contributed by atoms with Gasteiger partial charge in [0.1, 0.15) is 17.2 Å². The number of hydrogen-bond acceptors (Lipinski definition) is 6. The van der Waals surface area contributed by atoms with Crippen molar-refractivity contribution >= 4 is 23.2 Å². The van der Waals surface area contributed by atoms with E-state index in [4.69, 9.17) is 10.2 Å². The van der Waals surface area contributed by atoms with Crippen LogP contribution < -0.4 is 21.7 Å². The smallest absolute Gasteiger partial charge is 0.273 e. The van der Waals surface area contributed by atoms with Gasteiger partial charge in [-0.05, 0) is 56.4 Å². The number of aromatic nitrogens is 1. The van der Waals surface area contributed by atoms with Crippen LogP contribution in [0.2, 0.25) is 0 Å². The maximum atomic E-state index is 14.0. The summed E-state index contributed by atoms with van der Waals surface area (Å²) >= 11 is 0.